The highest BCUT2D eigenvalue weighted by Crippen LogP contribution is 2.60. The molecule has 0 heterocycles. The Hall–Kier alpha value is -0.550. The van der Waals surface area contributed by atoms with Gasteiger partial charge in [-0.3, -0.25) is 0 Å². The van der Waals surface area contributed by atoms with Crippen molar-refractivity contribution >= 4 is 0 Å². The van der Waals surface area contributed by atoms with Gasteiger partial charge in [0.25, 0.3) is 0 Å². The summed E-state index contributed by atoms with van der Waals surface area (Å²) in [5.74, 6) is 1.04. The largest absolute Gasteiger partial charge is 0.316 e. The van der Waals surface area contributed by atoms with Crippen molar-refractivity contribution in [3.8, 4) is 6.07 Å². The van der Waals surface area contributed by atoms with Crippen LogP contribution in [0.5, 0.6) is 0 Å². The molecule has 0 amide bonds. The molecule has 0 unspecified atom stereocenters. The van der Waals surface area contributed by atoms with Gasteiger partial charge >= 0.3 is 0 Å². The lowest BCUT2D eigenvalue weighted by atomic mass is 9.91. The molecule has 0 aromatic heterocycles. The third kappa shape index (κ3) is 2.72. The minimum absolute atomic E-state index is 0.163. The Kier molecular flexibility index (Phi) is 2.77. The Bertz CT molecular complexity index is 267. The van der Waals surface area contributed by atoms with Crippen LogP contribution in [-0.2, 0) is 0 Å². The molecule has 0 atom stereocenters. The number of nitriles is 1. The summed E-state index contributed by atoms with van der Waals surface area (Å²) in [7, 11) is 0. The molecule has 15 heavy (non-hydrogen) atoms. The summed E-state index contributed by atoms with van der Waals surface area (Å²) >= 11 is 0. The van der Waals surface area contributed by atoms with Crippen molar-refractivity contribution in [2.24, 2.45) is 16.7 Å². The van der Waals surface area contributed by atoms with E-state index >= 15 is 0 Å². The van der Waals surface area contributed by atoms with Gasteiger partial charge in [0.15, 0.2) is 0 Å². The van der Waals surface area contributed by atoms with Crippen LogP contribution in [0.3, 0.4) is 0 Å². The summed E-state index contributed by atoms with van der Waals surface area (Å²) in [5, 5.41) is 12.4. The summed E-state index contributed by atoms with van der Waals surface area (Å²) in [6, 6.07) is 2.35. The van der Waals surface area contributed by atoms with E-state index in [9.17, 15) is 0 Å². The highest BCUT2D eigenvalue weighted by molar-refractivity contribution is 5.05. The van der Waals surface area contributed by atoms with Crippen molar-refractivity contribution in [3.63, 3.8) is 0 Å². The van der Waals surface area contributed by atoms with E-state index in [0.717, 1.165) is 18.9 Å². The van der Waals surface area contributed by atoms with Crippen LogP contribution in [0, 0.1) is 28.1 Å². The van der Waals surface area contributed by atoms with Gasteiger partial charge < -0.3 is 5.32 Å². The van der Waals surface area contributed by atoms with E-state index < -0.39 is 0 Å². The second kappa shape index (κ2) is 3.79. The predicted octanol–water partition coefficient (Wildman–Crippen LogP) is 2.71. The molecule has 2 heteroatoms. The van der Waals surface area contributed by atoms with Gasteiger partial charge in [-0.25, -0.2) is 0 Å². The lowest BCUT2D eigenvalue weighted by Gasteiger charge is -2.18. The maximum absolute atomic E-state index is 8.89. The molecule has 1 N–H and O–H groups in total. The molecule has 2 nitrogen and oxygen atoms in total. The third-order valence-electron chi connectivity index (χ3n) is 4.04. The van der Waals surface area contributed by atoms with Gasteiger partial charge in [0.05, 0.1) is 11.5 Å². The zero-order chi connectivity index (χ0) is 10.9. The second-order valence-electron chi connectivity index (χ2n) is 6.06. The van der Waals surface area contributed by atoms with Gasteiger partial charge in [-0.1, -0.05) is 0 Å². The van der Waals surface area contributed by atoms with Crippen LogP contribution < -0.4 is 5.32 Å². The molecule has 0 bridgehead atoms. The van der Waals surface area contributed by atoms with E-state index in [0.29, 0.717) is 5.41 Å². The first-order valence-electron chi connectivity index (χ1n) is 6.20. The summed E-state index contributed by atoms with van der Waals surface area (Å²) < 4.78 is 0. The fourth-order valence-corrected chi connectivity index (χ4v) is 2.38. The molecule has 2 aliphatic carbocycles. The average molecular weight is 206 g/mol. The van der Waals surface area contributed by atoms with Crippen LogP contribution in [0.1, 0.15) is 46.0 Å². The van der Waals surface area contributed by atoms with Gasteiger partial charge in [0.2, 0.25) is 0 Å². The minimum atomic E-state index is -0.163. The highest BCUT2D eigenvalue weighted by Gasteiger charge is 2.53. The molecular formula is C13H22N2. The number of rotatable bonds is 6. The number of hydrogen-bond acceptors (Lipinski definition) is 2. The zero-order valence-corrected chi connectivity index (χ0v) is 9.97. The Morgan fingerprint density at radius 1 is 1.40 bits per heavy atom. The maximum Gasteiger partial charge on any atom is 0.0684 e. The SMILES string of the molecule is CC(C)(C#N)CCNCC1(C2CC2)CC1. The Labute approximate surface area is 93.0 Å². The first-order valence-corrected chi connectivity index (χ1v) is 6.20. The summed E-state index contributed by atoms with van der Waals surface area (Å²) in [6.07, 6.45) is 6.76. The fraction of sp³-hybridized carbons (Fsp3) is 0.923. The Balaban J connectivity index is 1.61. The average Bonchev–Trinajstić information content (AvgIpc) is 3.01. The monoisotopic (exact) mass is 206 g/mol. The van der Waals surface area contributed by atoms with E-state index in [1.54, 1.807) is 0 Å². The van der Waals surface area contributed by atoms with Crippen LogP contribution in [0.25, 0.3) is 0 Å². The minimum Gasteiger partial charge on any atom is -0.316 e. The van der Waals surface area contributed by atoms with Crippen LogP contribution in [0.2, 0.25) is 0 Å². The van der Waals surface area contributed by atoms with Gasteiger partial charge in [0.1, 0.15) is 0 Å². The summed E-state index contributed by atoms with van der Waals surface area (Å²) in [5.41, 5.74) is 0.528. The van der Waals surface area contributed by atoms with E-state index in [2.05, 4.69) is 11.4 Å². The number of nitrogens with one attached hydrogen (secondary N) is 1. The molecule has 0 saturated heterocycles. The van der Waals surface area contributed by atoms with E-state index in [1.165, 1.54) is 32.2 Å². The topological polar surface area (TPSA) is 35.8 Å². The molecule has 0 spiro atoms. The first kappa shape index (κ1) is 11.0. The standard InChI is InChI=1S/C13H22N2/c1-12(2,9-14)7-8-15-10-13(5-6-13)11-3-4-11/h11,15H,3-8,10H2,1-2H3. The first-order chi connectivity index (χ1) is 7.08. The molecule has 2 fully saturated rings. The molecule has 0 radical (unpaired) electrons. The van der Waals surface area contributed by atoms with Crippen LogP contribution in [0.15, 0.2) is 0 Å². The maximum atomic E-state index is 8.89. The normalized spacial score (nSPS) is 23.5. The lowest BCUT2D eigenvalue weighted by Crippen LogP contribution is -2.28. The van der Waals surface area contributed by atoms with Crippen molar-refractivity contribution in [1.82, 2.24) is 5.32 Å². The summed E-state index contributed by atoms with van der Waals surface area (Å²) in [6.45, 7) is 6.22. The van der Waals surface area contributed by atoms with Crippen LogP contribution >= 0.6 is 0 Å². The Morgan fingerprint density at radius 2 is 2.07 bits per heavy atom. The third-order valence-corrected chi connectivity index (χ3v) is 4.04. The van der Waals surface area contributed by atoms with Crippen LogP contribution in [-0.4, -0.2) is 13.1 Å². The van der Waals surface area contributed by atoms with Gasteiger partial charge in [-0.05, 0) is 63.8 Å². The predicted molar refractivity (Wildman–Crippen MR) is 61.3 cm³/mol. The Morgan fingerprint density at radius 3 is 2.53 bits per heavy atom. The van der Waals surface area contributed by atoms with Crippen LogP contribution in [0.4, 0.5) is 0 Å². The second-order valence-corrected chi connectivity index (χ2v) is 6.06. The molecule has 84 valence electrons. The molecule has 2 saturated carbocycles. The lowest BCUT2D eigenvalue weighted by molar-refractivity contribution is 0.374. The summed E-state index contributed by atoms with van der Waals surface area (Å²) in [4.78, 5) is 0. The molecule has 2 rings (SSSR count). The number of nitrogens with zero attached hydrogens (tertiary/aromatic N) is 1. The van der Waals surface area contributed by atoms with E-state index in [1.807, 2.05) is 13.8 Å². The number of hydrogen-bond donors (Lipinski definition) is 1. The molecule has 0 aromatic carbocycles. The molecule has 2 aliphatic rings. The van der Waals surface area contributed by atoms with E-state index in [4.69, 9.17) is 5.26 Å². The van der Waals surface area contributed by atoms with E-state index in [-0.39, 0.29) is 5.41 Å². The quantitative estimate of drug-likeness (QED) is 0.678. The molecular weight excluding hydrogens is 184 g/mol. The molecule has 0 aromatic rings. The van der Waals surface area contributed by atoms with Crippen molar-refractivity contribution in [2.45, 2.75) is 46.0 Å². The van der Waals surface area contributed by atoms with Crippen molar-refractivity contribution < 1.29 is 0 Å². The van der Waals surface area contributed by atoms with Crippen molar-refractivity contribution in [1.29, 1.82) is 5.26 Å². The van der Waals surface area contributed by atoms with Gasteiger partial charge in [-0.2, -0.15) is 5.26 Å². The van der Waals surface area contributed by atoms with Crippen molar-refractivity contribution in [2.75, 3.05) is 13.1 Å². The highest BCUT2D eigenvalue weighted by atomic mass is 14.9. The smallest absolute Gasteiger partial charge is 0.0684 e. The zero-order valence-electron chi connectivity index (χ0n) is 9.97. The molecule has 0 aliphatic heterocycles. The van der Waals surface area contributed by atoms with Crippen molar-refractivity contribution in [3.05, 3.63) is 0 Å². The van der Waals surface area contributed by atoms with Gasteiger partial charge in [0, 0.05) is 6.54 Å². The van der Waals surface area contributed by atoms with Gasteiger partial charge in [-0.15, -0.1) is 0 Å². The fourth-order valence-electron chi connectivity index (χ4n) is 2.38.